The molecule has 0 saturated carbocycles. The summed E-state index contributed by atoms with van der Waals surface area (Å²) in [5.74, 6) is -2.01. The van der Waals surface area contributed by atoms with E-state index < -0.39 is 41.1 Å². The second kappa shape index (κ2) is 4.01. The van der Waals surface area contributed by atoms with Crippen molar-refractivity contribution in [1.29, 1.82) is 0 Å². The van der Waals surface area contributed by atoms with Crippen molar-refractivity contribution in [3.05, 3.63) is 34.6 Å². The molecule has 0 aliphatic rings. The van der Waals surface area contributed by atoms with Gasteiger partial charge in [-0.25, -0.2) is 4.39 Å². The zero-order valence-corrected chi connectivity index (χ0v) is 7.79. The molecule has 0 atom stereocenters. The van der Waals surface area contributed by atoms with Crippen molar-refractivity contribution in [2.75, 3.05) is 0 Å². The Labute approximate surface area is 89.8 Å². The molecule has 0 aromatic heterocycles. The van der Waals surface area contributed by atoms with Crippen LogP contribution >= 0.6 is 0 Å². The molecule has 17 heavy (non-hydrogen) atoms. The van der Waals surface area contributed by atoms with Gasteiger partial charge in [-0.05, 0) is 12.1 Å². The van der Waals surface area contributed by atoms with Crippen LogP contribution in [0.5, 0.6) is 0 Å². The Morgan fingerprint density at radius 3 is 1.82 bits per heavy atom. The summed E-state index contributed by atoms with van der Waals surface area (Å²) in [5, 5.41) is 0. The van der Waals surface area contributed by atoms with E-state index in [-0.39, 0.29) is 12.1 Å². The zero-order valence-electron chi connectivity index (χ0n) is 7.79. The predicted molar refractivity (Wildman–Crippen MR) is 41.8 cm³/mol. The van der Waals surface area contributed by atoms with E-state index in [1.807, 2.05) is 0 Å². The van der Waals surface area contributed by atoms with Crippen LogP contribution in [0, 0.1) is 5.82 Å². The molecule has 0 aliphatic carbocycles. The van der Waals surface area contributed by atoms with Gasteiger partial charge in [-0.3, -0.25) is 4.79 Å². The molecule has 1 aromatic rings. The molecule has 1 rings (SSSR count). The lowest BCUT2D eigenvalue weighted by Crippen LogP contribution is -2.14. The Morgan fingerprint density at radius 2 is 1.47 bits per heavy atom. The Balaban J connectivity index is 3.56. The van der Waals surface area contributed by atoms with Gasteiger partial charge in [-0.15, -0.1) is 0 Å². The second-order valence-electron chi connectivity index (χ2n) is 3.04. The van der Waals surface area contributed by atoms with Crippen LogP contribution in [-0.2, 0) is 12.4 Å². The first-order valence-corrected chi connectivity index (χ1v) is 4.00. The molecule has 0 unspecified atom stereocenters. The van der Waals surface area contributed by atoms with Crippen molar-refractivity contribution in [3.63, 3.8) is 0 Å². The molecule has 94 valence electrons. The average Bonchev–Trinajstić information content (AvgIpc) is 2.14. The van der Waals surface area contributed by atoms with Crippen LogP contribution < -0.4 is 0 Å². The number of aldehydes is 1. The lowest BCUT2D eigenvalue weighted by Gasteiger charge is -2.13. The standard InChI is InChI=1S/C9H3F7O/c10-7-4(3-17)1-5(8(11,12)13)2-6(7)9(14,15)16/h1-3H. The average molecular weight is 260 g/mol. The van der Waals surface area contributed by atoms with Crippen molar-refractivity contribution in [2.45, 2.75) is 12.4 Å². The third-order valence-electron chi connectivity index (χ3n) is 1.86. The minimum absolute atomic E-state index is 0.0254. The fourth-order valence-electron chi connectivity index (χ4n) is 1.10. The van der Waals surface area contributed by atoms with Gasteiger partial charge in [0.15, 0.2) is 6.29 Å². The van der Waals surface area contributed by atoms with Crippen LogP contribution in [0.4, 0.5) is 30.7 Å². The van der Waals surface area contributed by atoms with Crippen LogP contribution in [0.1, 0.15) is 21.5 Å². The summed E-state index contributed by atoms with van der Waals surface area (Å²) in [6.45, 7) is 0. The molecule has 0 radical (unpaired) electrons. The maximum absolute atomic E-state index is 13.0. The number of hydrogen-bond donors (Lipinski definition) is 0. The molecule has 0 saturated heterocycles. The third kappa shape index (κ3) is 2.75. The number of rotatable bonds is 1. The van der Waals surface area contributed by atoms with Crippen LogP contribution in [-0.4, -0.2) is 6.29 Å². The van der Waals surface area contributed by atoms with E-state index in [2.05, 4.69) is 0 Å². The van der Waals surface area contributed by atoms with Crippen molar-refractivity contribution in [1.82, 2.24) is 0 Å². The number of carbonyl (C=O) groups is 1. The Hall–Kier alpha value is -1.60. The zero-order chi connectivity index (χ0) is 13.4. The number of alkyl halides is 6. The molecule has 0 N–H and O–H groups in total. The summed E-state index contributed by atoms with van der Waals surface area (Å²) in [6, 6.07) is -0.347. The molecule has 0 heterocycles. The van der Waals surface area contributed by atoms with Crippen LogP contribution in [0.3, 0.4) is 0 Å². The van der Waals surface area contributed by atoms with Gasteiger partial charge in [-0.2, -0.15) is 26.3 Å². The lowest BCUT2D eigenvalue weighted by molar-refractivity contribution is -0.144. The van der Waals surface area contributed by atoms with Gasteiger partial charge in [0.25, 0.3) is 0 Å². The number of carbonyl (C=O) groups excluding carboxylic acids is 1. The normalized spacial score (nSPS) is 12.6. The highest BCUT2D eigenvalue weighted by molar-refractivity contribution is 5.76. The van der Waals surface area contributed by atoms with Crippen LogP contribution in [0.15, 0.2) is 12.1 Å². The summed E-state index contributed by atoms with van der Waals surface area (Å²) >= 11 is 0. The molecular weight excluding hydrogens is 257 g/mol. The van der Waals surface area contributed by atoms with Crippen molar-refractivity contribution in [3.8, 4) is 0 Å². The van der Waals surface area contributed by atoms with Gasteiger partial charge in [0.2, 0.25) is 0 Å². The van der Waals surface area contributed by atoms with E-state index >= 15 is 0 Å². The number of benzene rings is 1. The summed E-state index contributed by atoms with van der Waals surface area (Å²) in [4.78, 5) is 10.2. The molecule has 0 amide bonds. The summed E-state index contributed by atoms with van der Waals surface area (Å²) in [6.07, 6.45) is -10.8. The van der Waals surface area contributed by atoms with Crippen LogP contribution in [0.25, 0.3) is 0 Å². The third-order valence-corrected chi connectivity index (χ3v) is 1.86. The minimum Gasteiger partial charge on any atom is -0.298 e. The van der Waals surface area contributed by atoms with Crippen molar-refractivity contribution >= 4 is 6.29 Å². The van der Waals surface area contributed by atoms with E-state index in [1.54, 1.807) is 0 Å². The predicted octanol–water partition coefficient (Wildman–Crippen LogP) is 3.68. The molecule has 0 fully saturated rings. The molecule has 0 aliphatic heterocycles. The molecular formula is C9H3F7O. The second-order valence-corrected chi connectivity index (χ2v) is 3.04. The number of halogens is 7. The lowest BCUT2D eigenvalue weighted by atomic mass is 10.0. The first-order valence-electron chi connectivity index (χ1n) is 4.00. The van der Waals surface area contributed by atoms with Gasteiger partial charge in [0.05, 0.1) is 16.7 Å². The van der Waals surface area contributed by atoms with Crippen molar-refractivity contribution in [2.24, 2.45) is 0 Å². The van der Waals surface area contributed by atoms with E-state index in [9.17, 15) is 35.5 Å². The Morgan fingerprint density at radius 1 is 0.941 bits per heavy atom. The molecule has 8 heteroatoms. The fraction of sp³-hybridized carbons (Fsp3) is 0.222. The highest BCUT2D eigenvalue weighted by atomic mass is 19.4. The smallest absolute Gasteiger partial charge is 0.298 e. The number of hydrogen-bond acceptors (Lipinski definition) is 1. The Kier molecular flexibility index (Phi) is 3.17. The van der Waals surface area contributed by atoms with Crippen molar-refractivity contribution < 1.29 is 35.5 Å². The summed E-state index contributed by atoms with van der Waals surface area (Å²) < 4.78 is 86.2. The maximum Gasteiger partial charge on any atom is 0.419 e. The minimum atomic E-state index is -5.30. The van der Waals surface area contributed by atoms with E-state index in [0.29, 0.717) is 0 Å². The molecule has 0 spiro atoms. The molecule has 1 nitrogen and oxygen atoms in total. The highest BCUT2D eigenvalue weighted by Gasteiger charge is 2.39. The van der Waals surface area contributed by atoms with Gasteiger partial charge in [-0.1, -0.05) is 0 Å². The van der Waals surface area contributed by atoms with Gasteiger partial charge in [0.1, 0.15) is 5.82 Å². The summed E-state index contributed by atoms with van der Waals surface area (Å²) in [7, 11) is 0. The highest BCUT2D eigenvalue weighted by Crippen LogP contribution is 2.37. The van der Waals surface area contributed by atoms with Crippen LogP contribution in [0.2, 0.25) is 0 Å². The fourth-order valence-corrected chi connectivity index (χ4v) is 1.10. The monoisotopic (exact) mass is 260 g/mol. The van der Waals surface area contributed by atoms with E-state index in [4.69, 9.17) is 0 Å². The topological polar surface area (TPSA) is 17.1 Å². The summed E-state index contributed by atoms with van der Waals surface area (Å²) in [5.41, 5.74) is -5.13. The largest absolute Gasteiger partial charge is 0.419 e. The Bertz CT molecular complexity index is 444. The molecule has 0 bridgehead atoms. The van der Waals surface area contributed by atoms with E-state index in [1.165, 1.54) is 0 Å². The first kappa shape index (κ1) is 13.5. The molecule has 1 aromatic carbocycles. The first-order chi connectivity index (χ1) is 7.57. The maximum atomic E-state index is 13.0. The van der Waals surface area contributed by atoms with Gasteiger partial charge >= 0.3 is 12.4 Å². The SMILES string of the molecule is O=Cc1cc(C(F)(F)F)cc(C(F)(F)F)c1F. The van der Waals surface area contributed by atoms with E-state index in [0.717, 1.165) is 0 Å². The van der Waals surface area contributed by atoms with Gasteiger partial charge < -0.3 is 0 Å². The quantitative estimate of drug-likeness (QED) is 0.556. The van der Waals surface area contributed by atoms with Gasteiger partial charge in [0, 0.05) is 0 Å².